The van der Waals surface area contributed by atoms with E-state index < -0.39 is 23.4 Å². The van der Waals surface area contributed by atoms with Gasteiger partial charge in [-0.25, -0.2) is 4.79 Å². The Morgan fingerprint density at radius 1 is 1.19 bits per heavy atom. The Hall–Kier alpha value is -2.74. The van der Waals surface area contributed by atoms with Crippen molar-refractivity contribution in [3.8, 4) is 5.75 Å². The van der Waals surface area contributed by atoms with Crippen molar-refractivity contribution in [1.29, 1.82) is 0 Å². The van der Waals surface area contributed by atoms with Crippen LogP contribution in [0.1, 0.15) is 17.5 Å². The third-order valence-corrected chi connectivity index (χ3v) is 4.15. The van der Waals surface area contributed by atoms with E-state index in [1.165, 1.54) is 12.1 Å². The number of urea groups is 1. The number of rotatable bonds is 3. The van der Waals surface area contributed by atoms with Crippen LogP contribution in [0.25, 0.3) is 0 Å². The number of hydrogen-bond acceptors (Lipinski definition) is 3. The molecule has 0 aromatic heterocycles. The lowest BCUT2D eigenvalue weighted by atomic mass is 9.88. The van der Waals surface area contributed by atoms with Crippen LogP contribution in [0.2, 0.25) is 0 Å². The molecule has 1 aliphatic heterocycles. The van der Waals surface area contributed by atoms with Crippen LogP contribution in [0.4, 0.5) is 23.7 Å². The molecular formula is C18H17F3N2O3. The number of amides is 2. The molecule has 1 heterocycles. The fraction of sp³-hybridized carbons (Fsp3) is 0.278. The molecule has 2 aromatic carbocycles. The summed E-state index contributed by atoms with van der Waals surface area (Å²) in [4.78, 5) is 12.0. The van der Waals surface area contributed by atoms with Gasteiger partial charge in [0.2, 0.25) is 0 Å². The first kappa shape index (κ1) is 18.1. The highest BCUT2D eigenvalue weighted by Gasteiger charge is 2.36. The second-order valence-electron chi connectivity index (χ2n) is 6.01. The van der Waals surface area contributed by atoms with E-state index in [4.69, 9.17) is 4.74 Å². The quantitative estimate of drug-likeness (QED) is 0.779. The predicted octanol–water partition coefficient (Wildman–Crippen LogP) is 3.50. The topological polar surface area (TPSA) is 70.6 Å². The number of benzene rings is 2. The van der Waals surface area contributed by atoms with Crippen molar-refractivity contribution in [2.75, 3.05) is 18.5 Å². The summed E-state index contributed by atoms with van der Waals surface area (Å²) >= 11 is 0. The van der Waals surface area contributed by atoms with Crippen molar-refractivity contribution >= 4 is 11.7 Å². The van der Waals surface area contributed by atoms with Crippen molar-refractivity contribution in [2.24, 2.45) is 0 Å². The molecule has 2 amide bonds. The molecule has 3 rings (SSSR count). The molecule has 0 aliphatic carbocycles. The van der Waals surface area contributed by atoms with Gasteiger partial charge in [0.25, 0.3) is 0 Å². The van der Waals surface area contributed by atoms with E-state index in [1.807, 2.05) is 0 Å². The summed E-state index contributed by atoms with van der Waals surface area (Å²) in [6, 6.07) is 10.6. The fourth-order valence-electron chi connectivity index (χ4n) is 2.80. The molecule has 5 nitrogen and oxygen atoms in total. The average molecular weight is 366 g/mol. The van der Waals surface area contributed by atoms with Crippen molar-refractivity contribution in [1.82, 2.24) is 5.32 Å². The Kier molecular flexibility index (Phi) is 4.78. The largest absolute Gasteiger partial charge is 0.493 e. The molecule has 1 unspecified atom stereocenters. The van der Waals surface area contributed by atoms with Gasteiger partial charge in [-0.05, 0) is 24.3 Å². The molecule has 0 fully saturated rings. The number of ether oxygens (including phenoxy) is 1. The molecular weight excluding hydrogens is 349 g/mol. The Balaban J connectivity index is 1.65. The van der Waals surface area contributed by atoms with Gasteiger partial charge < -0.3 is 20.5 Å². The number of carbonyl (C=O) groups is 1. The Morgan fingerprint density at radius 2 is 1.96 bits per heavy atom. The maximum absolute atomic E-state index is 12.7. The zero-order valence-electron chi connectivity index (χ0n) is 13.6. The molecule has 3 N–H and O–H groups in total. The summed E-state index contributed by atoms with van der Waals surface area (Å²) in [5.74, 6) is 0.543. The highest BCUT2D eigenvalue weighted by Crippen LogP contribution is 2.36. The lowest BCUT2D eigenvalue weighted by molar-refractivity contribution is -0.137. The van der Waals surface area contributed by atoms with Gasteiger partial charge in [-0.1, -0.05) is 24.3 Å². The summed E-state index contributed by atoms with van der Waals surface area (Å²) in [7, 11) is 0. The molecule has 2 aromatic rings. The smallest absolute Gasteiger partial charge is 0.416 e. The fourth-order valence-corrected chi connectivity index (χ4v) is 2.80. The van der Waals surface area contributed by atoms with Gasteiger partial charge >= 0.3 is 12.2 Å². The van der Waals surface area contributed by atoms with Gasteiger partial charge in [-0.2, -0.15) is 13.2 Å². The van der Waals surface area contributed by atoms with Crippen LogP contribution in [0.3, 0.4) is 0 Å². The van der Waals surface area contributed by atoms with Gasteiger partial charge in [0.15, 0.2) is 0 Å². The maximum Gasteiger partial charge on any atom is 0.416 e. The Labute approximate surface area is 147 Å². The van der Waals surface area contributed by atoms with Gasteiger partial charge in [0, 0.05) is 17.7 Å². The average Bonchev–Trinajstić information content (AvgIpc) is 2.60. The number of fused-ring (bicyclic) bond motifs is 1. The van der Waals surface area contributed by atoms with E-state index in [0.717, 1.165) is 12.1 Å². The highest BCUT2D eigenvalue weighted by molar-refractivity contribution is 5.89. The SMILES string of the molecule is O=C(NCC1(O)CCOc2ccccc21)Nc1cccc(C(F)(F)F)c1. The van der Waals surface area contributed by atoms with E-state index in [9.17, 15) is 23.1 Å². The van der Waals surface area contributed by atoms with E-state index in [1.54, 1.807) is 24.3 Å². The molecule has 0 bridgehead atoms. The number of alkyl halides is 3. The number of hydrogen-bond donors (Lipinski definition) is 3. The van der Waals surface area contributed by atoms with Crippen LogP contribution in [0.5, 0.6) is 5.75 Å². The number of halogens is 3. The number of aliphatic hydroxyl groups is 1. The second-order valence-corrected chi connectivity index (χ2v) is 6.01. The minimum Gasteiger partial charge on any atom is -0.493 e. The Morgan fingerprint density at radius 3 is 2.73 bits per heavy atom. The zero-order valence-corrected chi connectivity index (χ0v) is 13.6. The van der Waals surface area contributed by atoms with E-state index >= 15 is 0 Å². The third-order valence-electron chi connectivity index (χ3n) is 4.15. The molecule has 0 saturated carbocycles. The molecule has 1 atom stereocenters. The first-order valence-electron chi connectivity index (χ1n) is 7.95. The van der Waals surface area contributed by atoms with Crippen LogP contribution < -0.4 is 15.4 Å². The molecule has 0 spiro atoms. The number of nitrogens with one attached hydrogen (secondary N) is 2. The third kappa shape index (κ3) is 3.91. The molecule has 26 heavy (non-hydrogen) atoms. The highest BCUT2D eigenvalue weighted by atomic mass is 19.4. The van der Waals surface area contributed by atoms with Crippen molar-refractivity contribution < 1.29 is 27.8 Å². The van der Waals surface area contributed by atoms with Crippen molar-refractivity contribution in [3.63, 3.8) is 0 Å². The summed E-state index contributed by atoms with van der Waals surface area (Å²) in [5.41, 5.74) is -1.59. The molecule has 0 radical (unpaired) electrons. The van der Waals surface area contributed by atoms with Gasteiger partial charge in [0.1, 0.15) is 11.4 Å². The number of para-hydroxylation sites is 1. The standard InChI is InChI=1S/C18H17F3N2O3/c19-18(20,21)12-4-3-5-13(10-12)23-16(24)22-11-17(25)8-9-26-15-7-2-1-6-14(15)17/h1-7,10,25H,8-9,11H2,(H2,22,23,24). The molecule has 8 heteroatoms. The van der Waals surface area contributed by atoms with Gasteiger partial charge in [-0.3, -0.25) is 0 Å². The lowest BCUT2D eigenvalue weighted by Gasteiger charge is -2.34. The monoisotopic (exact) mass is 366 g/mol. The lowest BCUT2D eigenvalue weighted by Crippen LogP contribution is -2.45. The minimum absolute atomic E-state index is 0.0108. The number of carbonyl (C=O) groups excluding carboxylic acids is 1. The van der Waals surface area contributed by atoms with Crippen LogP contribution in [-0.2, 0) is 11.8 Å². The zero-order chi connectivity index (χ0) is 18.8. The van der Waals surface area contributed by atoms with Crippen LogP contribution >= 0.6 is 0 Å². The van der Waals surface area contributed by atoms with Crippen molar-refractivity contribution in [2.45, 2.75) is 18.2 Å². The van der Waals surface area contributed by atoms with E-state index in [2.05, 4.69) is 10.6 Å². The molecule has 0 saturated heterocycles. The van der Waals surface area contributed by atoms with Gasteiger partial charge in [0.05, 0.1) is 18.7 Å². The van der Waals surface area contributed by atoms with Crippen LogP contribution in [-0.4, -0.2) is 24.3 Å². The van der Waals surface area contributed by atoms with E-state index in [0.29, 0.717) is 17.9 Å². The summed E-state index contributed by atoms with van der Waals surface area (Å²) < 4.78 is 43.6. The predicted molar refractivity (Wildman–Crippen MR) is 88.9 cm³/mol. The molecule has 138 valence electrons. The summed E-state index contributed by atoms with van der Waals surface area (Å²) in [6.45, 7) is 0.197. The van der Waals surface area contributed by atoms with Crippen LogP contribution in [0.15, 0.2) is 48.5 Å². The summed E-state index contributed by atoms with van der Waals surface area (Å²) in [6.07, 6.45) is -4.21. The van der Waals surface area contributed by atoms with Gasteiger partial charge in [-0.15, -0.1) is 0 Å². The maximum atomic E-state index is 12.7. The van der Waals surface area contributed by atoms with Crippen molar-refractivity contribution in [3.05, 3.63) is 59.7 Å². The van der Waals surface area contributed by atoms with Crippen LogP contribution in [0, 0.1) is 0 Å². The number of anilines is 1. The normalized spacial score (nSPS) is 19.2. The summed E-state index contributed by atoms with van der Waals surface area (Å²) in [5, 5.41) is 15.7. The second kappa shape index (κ2) is 6.87. The first-order chi connectivity index (χ1) is 12.3. The van der Waals surface area contributed by atoms with E-state index in [-0.39, 0.29) is 18.7 Å². The minimum atomic E-state index is -4.49. The molecule has 1 aliphatic rings. The Bertz CT molecular complexity index is 810. The first-order valence-corrected chi connectivity index (χ1v) is 7.95.